The number of nitrogens with zero attached hydrogens (tertiary/aromatic N) is 14. The minimum Gasteiger partial charge on any atom is -2.00 e. The number of carbonyl (C=O) groups is 2. The number of halogens is 2. The number of hydrogen-bond acceptors (Lipinski definition) is 38. The average Bonchev–Trinajstić information content (AvgIpc) is 0.831. The van der Waals surface area contributed by atoms with E-state index in [4.69, 9.17) is 105 Å². The van der Waals surface area contributed by atoms with Gasteiger partial charge in [-0.1, -0.05) is 120 Å². The maximum Gasteiger partial charge on any atom is 3.00 e. The van der Waals surface area contributed by atoms with Gasteiger partial charge in [-0.05, 0) is 133 Å². The molecule has 44 nitrogen and oxygen atoms in total. The van der Waals surface area contributed by atoms with Crippen LogP contribution in [-0.2, 0) is 102 Å². The van der Waals surface area contributed by atoms with Gasteiger partial charge >= 0.3 is 79.9 Å². The molecule has 124 heavy (non-hydrogen) atoms. The topological polar surface area (TPSA) is 808 Å². The largest absolute Gasteiger partial charge is 3.00 e. The third kappa shape index (κ3) is 66.9. The quantitative estimate of drug-likeness (QED) is 0.0543. The SMILES string of the molecule is C[O-].C[O-].C[O-].C[O-].O=C([O-])c1ccccc1Cl.O=C([O-])c1ccccc1Cl.O=[N+]([O-])[O-].O=[N+]([O-])[O-].O=[N+]([O-])[O-].O=[N+]([O-])[O-].[Gd+3].[Gd+3].[Mn].[Mn].[Mn].[Mn].[O-2].[O-2].[O-]C([O-])(c1ccccn1)c1ccccn1.[O-]C([O-])(c1ccccn1)c1ccccn1.[O-]C([O-])(c1ccccn1)c1ccccn1.[O-]C([O-])(c1ccccn1)c1ccccn1.c1ccncc1.c1ccncc1. The number of aromatic carboxylic acids is 2. The summed E-state index contributed by atoms with van der Waals surface area (Å²) in [5.41, 5.74) is -0.465. The zero-order valence-electron chi connectivity index (χ0n) is 63.4. The van der Waals surface area contributed by atoms with Gasteiger partial charge in [-0.15, -0.1) is 23.1 Å². The Kier molecular flexibility index (Phi) is 98.4. The number of hydrogen-bond donors (Lipinski definition) is 0. The molecule has 0 bridgehead atoms. The van der Waals surface area contributed by atoms with Crippen molar-refractivity contribution in [3.05, 3.63) is 433 Å². The molecule has 6 radical (unpaired) electrons. The van der Waals surface area contributed by atoms with Crippen molar-refractivity contribution in [2.75, 3.05) is 28.4 Å². The van der Waals surface area contributed by atoms with Gasteiger partial charge in [0.05, 0.1) is 32.3 Å². The van der Waals surface area contributed by atoms with Gasteiger partial charge in [0.15, 0.2) is 0 Å². The summed E-state index contributed by atoms with van der Waals surface area (Å²) in [4.78, 5) is 91.1. The van der Waals surface area contributed by atoms with Crippen LogP contribution in [0.15, 0.2) is 305 Å². The van der Waals surface area contributed by atoms with Gasteiger partial charge in [0, 0.05) is 209 Å². The van der Waals surface area contributed by atoms with Crippen LogP contribution in [-0.4, -0.2) is 111 Å². The van der Waals surface area contributed by atoms with Gasteiger partial charge in [-0.2, -0.15) is 28.4 Å². The van der Waals surface area contributed by atoms with Crippen molar-refractivity contribution < 1.29 is 261 Å². The van der Waals surface area contributed by atoms with Crippen LogP contribution < -0.4 is 71.5 Å². The number of carboxylic acids is 2. The number of carboxylic acid groups (broad SMARTS) is 2. The van der Waals surface area contributed by atoms with Crippen molar-refractivity contribution in [3.8, 4) is 0 Å². The van der Waals surface area contributed by atoms with Gasteiger partial charge < -0.3 is 153 Å². The standard InChI is InChI=1S/4C11H8N2O2.2C7H5ClO2.2C5H5N.4CH3O.2Gd.4Mn.4NO3.2O/c4*14-11(15,9-5-1-3-7-12-9)10-6-2-4-8-13-10;2*8-6-4-2-1-3-5(6)7(9)10;2*1-2-4-6-5-3-1;4*1-2;;;;;;;4*2-1(3)4;;/h4*1-8H;2*1-4H,(H,9,10);2*1-5H;4*1H3;;;;;;;;;;;;/q4*-2;;;;;4*-1;2*+3;;;;;4*-1;2*-2/p-2. The summed E-state index contributed by atoms with van der Waals surface area (Å²) in [7, 11) is 3.00. The van der Waals surface area contributed by atoms with E-state index in [0.717, 1.165) is 28.4 Å². The maximum atomic E-state index is 11.8. The Morgan fingerprint density at radius 3 is 0.452 bits per heavy atom. The minimum atomic E-state index is -2.64. The van der Waals surface area contributed by atoms with Gasteiger partial charge in [0.1, 0.15) is 0 Å². The van der Waals surface area contributed by atoms with Crippen molar-refractivity contribution in [2.24, 2.45) is 0 Å². The van der Waals surface area contributed by atoms with Crippen LogP contribution in [0.1, 0.15) is 66.3 Å². The van der Waals surface area contributed by atoms with E-state index in [1.807, 2.05) is 36.4 Å². The average molecular weight is 2210 g/mol. The summed E-state index contributed by atoms with van der Waals surface area (Å²) >= 11 is 11.0. The molecule has 0 fully saturated rings. The van der Waals surface area contributed by atoms with E-state index in [1.54, 1.807) is 146 Å². The third-order valence-electron chi connectivity index (χ3n) is 11.3. The Balaban J connectivity index is -0.000000112. The molecule has 52 heteroatoms. The van der Waals surface area contributed by atoms with Crippen LogP contribution in [0.3, 0.4) is 0 Å². The molecule has 0 N–H and O–H groups in total. The predicted molar refractivity (Wildman–Crippen MR) is 384 cm³/mol. The third-order valence-corrected chi connectivity index (χ3v) is 12.0. The predicted octanol–water partition coefficient (Wildman–Crippen LogP) is -4.13. The molecule has 0 atom stereocenters. The Bertz CT molecular complexity index is 3780. The molecule has 10 heterocycles. The molecule has 12 aromatic rings. The molecule has 0 aliphatic heterocycles. The molecular weight excluding hydrogens is 2150 g/mol. The van der Waals surface area contributed by atoms with Gasteiger partial charge in [-0.3, -0.25) is 49.8 Å². The van der Waals surface area contributed by atoms with Crippen LogP contribution in [0.5, 0.6) is 0 Å². The molecule has 10 aromatic heterocycles. The second-order valence-electron chi connectivity index (χ2n) is 18.7. The molecule has 0 amide bonds. The first-order chi connectivity index (χ1) is 55.2. The molecule has 0 spiro atoms. The smallest absolute Gasteiger partial charge is 2.00 e. The van der Waals surface area contributed by atoms with Crippen molar-refractivity contribution >= 4 is 35.1 Å². The second kappa shape index (κ2) is 86.9. The van der Waals surface area contributed by atoms with Crippen LogP contribution in [0.4, 0.5) is 0 Å². The second-order valence-corrected chi connectivity index (χ2v) is 19.5. The summed E-state index contributed by atoms with van der Waals surface area (Å²) in [6, 6.07) is 61.1. The van der Waals surface area contributed by atoms with Gasteiger partial charge in [-0.25, -0.2) is 0 Å². The summed E-state index contributed by atoms with van der Waals surface area (Å²) in [5.74, 6) is -13.0. The monoisotopic (exact) mass is 2210 g/mol. The molecule has 0 saturated carbocycles. The molecule has 0 saturated heterocycles. The fourth-order valence-corrected chi connectivity index (χ4v) is 7.29. The summed E-state index contributed by atoms with van der Waals surface area (Å²) in [6.07, 6.45) is 18.4. The first kappa shape index (κ1) is 140. The van der Waals surface area contributed by atoms with E-state index in [0.29, 0.717) is 0 Å². The Morgan fingerprint density at radius 1 is 0.250 bits per heavy atom. The van der Waals surface area contributed by atoms with E-state index < -0.39 is 55.4 Å². The van der Waals surface area contributed by atoms with E-state index in [1.165, 1.54) is 122 Å². The normalized spacial score (nSPS) is 8.73. The van der Waals surface area contributed by atoms with E-state index in [-0.39, 0.29) is 226 Å². The maximum absolute atomic E-state index is 11.8. The first-order valence-electron chi connectivity index (χ1n) is 30.7. The van der Waals surface area contributed by atoms with Crippen LogP contribution >= 0.6 is 23.2 Å². The van der Waals surface area contributed by atoms with Crippen molar-refractivity contribution in [3.63, 3.8) is 0 Å². The molecular formula is C72H62Cl2Gd2Mn4N14O30-16. The van der Waals surface area contributed by atoms with Crippen molar-refractivity contribution in [1.29, 1.82) is 0 Å². The van der Waals surface area contributed by atoms with E-state index in [2.05, 4.69) is 49.8 Å². The summed E-state index contributed by atoms with van der Waals surface area (Å²) in [6.45, 7) is 0. The number of rotatable bonds is 10. The zero-order chi connectivity index (χ0) is 88.8. The number of benzene rings is 2. The number of pyridine rings is 10. The molecule has 0 aliphatic rings. The molecule has 0 unspecified atom stereocenters. The first-order valence-corrected chi connectivity index (χ1v) is 31.4. The van der Waals surface area contributed by atoms with Gasteiger partial charge in [0.25, 0.3) is 0 Å². The Labute approximate surface area is 821 Å². The number of aromatic nitrogens is 10. The fourth-order valence-electron chi connectivity index (χ4n) is 6.86. The molecule has 12 rings (SSSR count). The van der Waals surface area contributed by atoms with Crippen molar-refractivity contribution in [1.82, 2.24) is 49.8 Å². The number of carbonyl (C=O) groups excluding carboxylic acids is 2. The van der Waals surface area contributed by atoms with Crippen LogP contribution in [0.25, 0.3) is 0 Å². The molecule has 2 aromatic carbocycles. The van der Waals surface area contributed by atoms with Crippen molar-refractivity contribution in [2.45, 2.75) is 23.1 Å². The van der Waals surface area contributed by atoms with E-state index in [9.17, 15) is 60.7 Å². The summed E-state index contributed by atoms with van der Waals surface area (Å²) in [5, 5.41) is 207. The Hall–Kier alpha value is -9.57. The molecule has 0 aliphatic carbocycles. The van der Waals surface area contributed by atoms with Gasteiger partial charge in [0.2, 0.25) is 0 Å². The summed E-state index contributed by atoms with van der Waals surface area (Å²) < 4.78 is 0. The van der Waals surface area contributed by atoms with E-state index >= 15 is 0 Å². The Morgan fingerprint density at radius 2 is 0.371 bits per heavy atom. The fraction of sp³-hybridized carbons (Fsp3) is 0.111. The van der Waals surface area contributed by atoms with Crippen LogP contribution in [0.2, 0.25) is 10.0 Å². The molecule has 674 valence electrons. The zero-order valence-corrected chi connectivity index (χ0v) is 74.1. The minimum absolute atomic E-state index is 0. The van der Waals surface area contributed by atoms with Crippen LogP contribution in [0, 0.1) is 141 Å².